The zero-order chi connectivity index (χ0) is 56.8. The average molecular weight is 1100 g/mol. The lowest BCUT2D eigenvalue weighted by Crippen LogP contribution is -2.13. The van der Waals surface area contributed by atoms with Crippen LogP contribution in [0.15, 0.2) is 254 Å². The van der Waals surface area contributed by atoms with Gasteiger partial charge in [0.15, 0.2) is 22.3 Å². The van der Waals surface area contributed by atoms with Crippen molar-refractivity contribution in [2.24, 2.45) is 0 Å². The minimum absolute atomic E-state index is 0.742. The van der Waals surface area contributed by atoms with E-state index in [2.05, 4.69) is 281 Å². The topological polar surface area (TPSA) is 59.0 Å². The third-order valence-electron chi connectivity index (χ3n) is 17.8. The number of furan rings is 4. The lowest BCUT2D eigenvalue weighted by atomic mass is 9.99. The van der Waals surface area contributed by atoms with E-state index in [1.807, 2.05) is 0 Å². The number of hydrogen-bond donors (Lipinski definition) is 0. The second-order valence-corrected chi connectivity index (χ2v) is 23.0. The third-order valence-corrected chi connectivity index (χ3v) is 17.8. The molecular weight excluding hydrogens is 1040 g/mol. The molecule has 0 amide bonds. The summed E-state index contributed by atoms with van der Waals surface area (Å²) in [6, 6.07) is 84.7. The van der Waals surface area contributed by atoms with E-state index >= 15 is 0 Å². The van der Waals surface area contributed by atoms with Crippen LogP contribution in [0.4, 0.5) is 34.1 Å². The lowest BCUT2D eigenvalue weighted by Gasteiger charge is -2.29. The van der Waals surface area contributed by atoms with Gasteiger partial charge in [-0.25, -0.2) is 0 Å². The van der Waals surface area contributed by atoms with Crippen LogP contribution in [-0.2, 0) is 0 Å². The number of nitrogens with zero attached hydrogens (tertiary/aromatic N) is 2. The van der Waals surface area contributed by atoms with Gasteiger partial charge in [0.2, 0.25) is 0 Å². The summed E-state index contributed by atoms with van der Waals surface area (Å²) in [5.74, 6) is 0. The van der Waals surface area contributed by atoms with Crippen LogP contribution in [0.25, 0.3) is 132 Å². The largest absolute Gasteiger partial charge is 0.453 e. The Kier molecular flexibility index (Phi) is 10.7. The van der Waals surface area contributed by atoms with Crippen molar-refractivity contribution in [2.45, 2.75) is 34.6 Å². The first-order valence-electron chi connectivity index (χ1n) is 29.1. The minimum Gasteiger partial charge on any atom is -0.453 e. The summed E-state index contributed by atoms with van der Waals surface area (Å²) in [4.78, 5) is 4.75. The van der Waals surface area contributed by atoms with Crippen LogP contribution in [0.2, 0.25) is 0 Å². The van der Waals surface area contributed by atoms with E-state index in [-0.39, 0.29) is 0 Å². The van der Waals surface area contributed by atoms with E-state index in [0.29, 0.717) is 0 Å². The van der Waals surface area contributed by atoms with E-state index in [1.54, 1.807) is 0 Å². The number of para-hydroxylation sites is 6. The van der Waals surface area contributed by atoms with Gasteiger partial charge in [0.05, 0.1) is 22.7 Å². The van der Waals surface area contributed by atoms with Crippen molar-refractivity contribution in [3.05, 3.63) is 264 Å². The Morgan fingerprint density at radius 1 is 0.259 bits per heavy atom. The van der Waals surface area contributed by atoms with Gasteiger partial charge in [-0.1, -0.05) is 170 Å². The molecule has 85 heavy (non-hydrogen) atoms. The van der Waals surface area contributed by atoms with Gasteiger partial charge in [0.1, 0.15) is 22.3 Å². The Labute approximate surface area is 489 Å². The van der Waals surface area contributed by atoms with Gasteiger partial charge < -0.3 is 27.5 Å². The summed E-state index contributed by atoms with van der Waals surface area (Å²) in [6.07, 6.45) is 0. The summed E-state index contributed by atoms with van der Waals surface area (Å²) in [5.41, 5.74) is 22.9. The predicted octanol–water partition coefficient (Wildman–Crippen LogP) is 23.4. The smallest absolute Gasteiger partial charge is 0.178 e. The maximum Gasteiger partial charge on any atom is 0.178 e. The van der Waals surface area contributed by atoms with Gasteiger partial charge in [0, 0.05) is 65.6 Å². The number of benzene rings is 13. The Morgan fingerprint density at radius 3 is 1.18 bits per heavy atom. The molecular formula is C79H54N2O4. The monoisotopic (exact) mass is 1090 g/mol. The van der Waals surface area contributed by atoms with Crippen molar-refractivity contribution in [3.8, 4) is 22.3 Å². The van der Waals surface area contributed by atoms with Gasteiger partial charge in [-0.15, -0.1) is 0 Å². The van der Waals surface area contributed by atoms with Crippen LogP contribution >= 0.6 is 0 Å². The van der Waals surface area contributed by atoms with E-state index in [0.717, 1.165) is 171 Å². The molecule has 0 saturated carbocycles. The Hall–Kier alpha value is -10.8. The van der Waals surface area contributed by atoms with Gasteiger partial charge in [0.25, 0.3) is 0 Å². The second-order valence-electron chi connectivity index (χ2n) is 23.0. The highest BCUT2D eigenvalue weighted by molar-refractivity contribution is 6.23. The molecule has 17 rings (SSSR count). The molecule has 0 aliphatic carbocycles. The summed E-state index contributed by atoms with van der Waals surface area (Å²) < 4.78 is 28.2. The van der Waals surface area contributed by atoms with Crippen LogP contribution in [0.5, 0.6) is 0 Å². The molecule has 0 fully saturated rings. The standard InChI is InChI=1S/C79H54N2O4/c1-45-18-12-19-46(2)72(45)80(67-32-16-30-62-60-28-14-26-58(74(60)84-76(62)67)50-22-8-6-9-23-50)56-36-34-52-41-64-65-38-49(5)71-66-42-53-35-37-57(40-55(53)44-70(66)83-79(71)78(65)82-69(64)43-54(52)39-56)81(73-47(3)20-13-21-48(73)4)68-33-17-31-63-61-29-15-27-59(75(61)85-77(63)68)51-24-10-7-11-25-51/h6-44H,1-5H3. The van der Waals surface area contributed by atoms with Gasteiger partial charge in [-0.3, -0.25) is 0 Å². The molecule has 17 aromatic rings. The zero-order valence-corrected chi connectivity index (χ0v) is 47.5. The first-order chi connectivity index (χ1) is 41.7. The number of rotatable bonds is 8. The van der Waals surface area contributed by atoms with Crippen molar-refractivity contribution in [1.82, 2.24) is 0 Å². The second kappa shape index (κ2) is 18.6. The predicted molar refractivity (Wildman–Crippen MR) is 354 cm³/mol. The molecule has 0 bridgehead atoms. The molecule has 0 unspecified atom stereocenters. The SMILES string of the molecule is Cc1cccc(C)c1N(c1ccc2cc3c(cc2c1)oc1c3cc(C)c2c3cc4ccc(N(c5c(C)cccc5C)c5cccc6c5oc5c(-c7ccccc7)cccc56)cc4cc3oc12)c1cccc2c1oc1c(-c3ccccc3)cccc12. The van der Waals surface area contributed by atoms with Crippen LogP contribution in [0.1, 0.15) is 27.8 Å². The highest BCUT2D eigenvalue weighted by atomic mass is 16.4. The van der Waals surface area contributed by atoms with E-state index < -0.39 is 0 Å². The van der Waals surface area contributed by atoms with Crippen molar-refractivity contribution in [3.63, 3.8) is 0 Å². The average Bonchev–Trinajstić information content (AvgIpc) is 2.64. The molecule has 6 heteroatoms. The Balaban J connectivity index is 0.800. The molecule has 6 nitrogen and oxygen atoms in total. The van der Waals surface area contributed by atoms with Gasteiger partial charge in [-0.05, 0) is 162 Å². The third kappa shape index (κ3) is 7.44. The number of aryl methyl sites for hydroxylation is 5. The summed E-state index contributed by atoms with van der Waals surface area (Å²) in [7, 11) is 0. The number of fused-ring (bicyclic) bond motifs is 15. The van der Waals surface area contributed by atoms with E-state index in [1.165, 1.54) is 22.3 Å². The molecule has 4 heterocycles. The van der Waals surface area contributed by atoms with Crippen molar-refractivity contribution < 1.29 is 17.7 Å². The van der Waals surface area contributed by atoms with Crippen LogP contribution < -0.4 is 9.80 Å². The fraction of sp³-hybridized carbons (Fsp3) is 0.0633. The quantitative estimate of drug-likeness (QED) is 0.151. The zero-order valence-electron chi connectivity index (χ0n) is 47.5. The summed E-state index contributed by atoms with van der Waals surface area (Å²) in [5, 5.41) is 12.9. The molecule has 0 aliphatic heterocycles. The molecule has 0 radical (unpaired) electrons. The number of hydrogen-bond acceptors (Lipinski definition) is 6. The van der Waals surface area contributed by atoms with E-state index in [4.69, 9.17) is 17.7 Å². The van der Waals surface area contributed by atoms with Crippen molar-refractivity contribution in [2.75, 3.05) is 9.80 Å². The molecule has 404 valence electrons. The van der Waals surface area contributed by atoms with Crippen LogP contribution in [0, 0.1) is 34.6 Å². The molecule has 0 spiro atoms. The molecule has 0 atom stereocenters. The van der Waals surface area contributed by atoms with Crippen molar-refractivity contribution >= 4 is 143 Å². The number of anilines is 6. The van der Waals surface area contributed by atoms with Crippen molar-refractivity contribution in [1.29, 1.82) is 0 Å². The van der Waals surface area contributed by atoms with Gasteiger partial charge in [-0.2, -0.15) is 0 Å². The fourth-order valence-electron chi connectivity index (χ4n) is 13.9. The Morgan fingerprint density at radius 2 is 0.682 bits per heavy atom. The summed E-state index contributed by atoms with van der Waals surface area (Å²) >= 11 is 0. The first-order valence-corrected chi connectivity index (χ1v) is 29.1. The molecule has 0 N–H and O–H groups in total. The van der Waals surface area contributed by atoms with Crippen LogP contribution in [-0.4, -0.2) is 0 Å². The molecule has 0 saturated heterocycles. The fourth-order valence-corrected chi connectivity index (χ4v) is 13.9. The van der Waals surface area contributed by atoms with E-state index in [9.17, 15) is 0 Å². The minimum atomic E-state index is 0.742. The normalized spacial score (nSPS) is 12.1. The highest BCUT2D eigenvalue weighted by Crippen LogP contribution is 2.50. The first kappa shape index (κ1) is 48.8. The highest BCUT2D eigenvalue weighted by Gasteiger charge is 2.27. The Bertz CT molecular complexity index is 5580. The van der Waals surface area contributed by atoms with Crippen LogP contribution in [0.3, 0.4) is 0 Å². The maximum absolute atomic E-state index is 7.06. The molecule has 0 aliphatic rings. The summed E-state index contributed by atoms with van der Waals surface area (Å²) in [6.45, 7) is 10.9. The lowest BCUT2D eigenvalue weighted by molar-refractivity contribution is 0.633. The maximum atomic E-state index is 7.06. The molecule has 13 aromatic carbocycles. The van der Waals surface area contributed by atoms with Gasteiger partial charge >= 0.3 is 0 Å². The molecule has 4 aromatic heterocycles.